The van der Waals surface area contributed by atoms with Gasteiger partial charge in [0.05, 0.1) is 22.9 Å². The zero-order valence-corrected chi connectivity index (χ0v) is 11.3. The number of anilines is 1. The van der Waals surface area contributed by atoms with E-state index in [2.05, 4.69) is 10.6 Å². The van der Waals surface area contributed by atoms with Crippen LogP contribution in [0.25, 0.3) is 0 Å². The summed E-state index contributed by atoms with van der Waals surface area (Å²) in [6, 6.07) is 1.58. The summed E-state index contributed by atoms with van der Waals surface area (Å²) in [5.41, 5.74) is -1.76. The van der Waals surface area contributed by atoms with Gasteiger partial charge < -0.3 is 10.4 Å². The quantitative estimate of drug-likeness (QED) is 0.794. The van der Waals surface area contributed by atoms with Crippen molar-refractivity contribution < 1.29 is 27.9 Å². The van der Waals surface area contributed by atoms with Crippen LogP contribution in [0.3, 0.4) is 0 Å². The van der Waals surface area contributed by atoms with E-state index in [1.54, 1.807) is 0 Å². The summed E-state index contributed by atoms with van der Waals surface area (Å²) in [6.45, 7) is 0. The van der Waals surface area contributed by atoms with Crippen LogP contribution in [0, 0.1) is 0 Å². The fourth-order valence-corrected chi connectivity index (χ4v) is 2.74. The summed E-state index contributed by atoms with van der Waals surface area (Å²) >= 11 is 1.47. The molecule has 9 heteroatoms. The minimum Gasteiger partial charge on any atom is -0.478 e. The zero-order valence-electron chi connectivity index (χ0n) is 10.5. The molecule has 1 atom stereocenters. The molecule has 1 amide bonds. The molecular formula is C12H11F3N2O3S. The number of carboxylic acids is 1. The molecule has 0 aliphatic carbocycles. The molecule has 1 unspecified atom stereocenters. The Balaban J connectivity index is 2.30. The van der Waals surface area contributed by atoms with E-state index in [0.29, 0.717) is 23.8 Å². The number of benzene rings is 1. The van der Waals surface area contributed by atoms with Crippen LogP contribution >= 0.6 is 11.8 Å². The largest absolute Gasteiger partial charge is 0.478 e. The van der Waals surface area contributed by atoms with E-state index in [9.17, 15) is 22.8 Å². The SMILES string of the molecule is O=C(O)c1ccc(C(F)(F)F)cc1NC(=O)C1CSCN1. The first kappa shape index (κ1) is 15.6. The summed E-state index contributed by atoms with van der Waals surface area (Å²) < 4.78 is 38.0. The van der Waals surface area contributed by atoms with Crippen LogP contribution in [0.1, 0.15) is 15.9 Å². The van der Waals surface area contributed by atoms with Crippen molar-refractivity contribution in [3.8, 4) is 0 Å². The van der Waals surface area contributed by atoms with E-state index in [0.717, 1.165) is 6.07 Å². The summed E-state index contributed by atoms with van der Waals surface area (Å²) in [6.07, 6.45) is -4.61. The Hall–Kier alpha value is -1.74. The van der Waals surface area contributed by atoms with Gasteiger partial charge in [-0.15, -0.1) is 11.8 Å². The van der Waals surface area contributed by atoms with Crippen molar-refractivity contribution in [2.45, 2.75) is 12.2 Å². The maximum atomic E-state index is 12.7. The molecular weight excluding hydrogens is 309 g/mol. The van der Waals surface area contributed by atoms with E-state index in [-0.39, 0.29) is 11.3 Å². The Bertz CT molecular complexity index is 571. The predicted molar refractivity (Wildman–Crippen MR) is 71.3 cm³/mol. The van der Waals surface area contributed by atoms with E-state index >= 15 is 0 Å². The van der Waals surface area contributed by atoms with Gasteiger partial charge in [0, 0.05) is 11.6 Å². The highest BCUT2D eigenvalue weighted by molar-refractivity contribution is 7.99. The molecule has 114 valence electrons. The molecule has 1 fully saturated rings. The molecule has 1 heterocycles. The maximum Gasteiger partial charge on any atom is 0.416 e. The van der Waals surface area contributed by atoms with Crippen molar-refractivity contribution in [2.75, 3.05) is 16.9 Å². The Kier molecular flexibility index (Phi) is 4.43. The Morgan fingerprint density at radius 2 is 2.10 bits per heavy atom. The van der Waals surface area contributed by atoms with Crippen molar-refractivity contribution in [2.24, 2.45) is 0 Å². The fourth-order valence-electron chi connectivity index (χ4n) is 1.79. The molecule has 0 bridgehead atoms. The third-order valence-corrected chi connectivity index (χ3v) is 3.81. The highest BCUT2D eigenvalue weighted by Gasteiger charge is 2.32. The average Bonchev–Trinajstić information content (AvgIpc) is 2.91. The topological polar surface area (TPSA) is 78.4 Å². The molecule has 3 N–H and O–H groups in total. The van der Waals surface area contributed by atoms with Gasteiger partial charge in [0.15, 0.2) is 0 Å². The number of aromatic carboxylic acids is 1. The highest BCUT2D eigenvalue weighted by Crippen LogP contribution is 2.32. The number of halogens is 3. The first-order valence-corrected chi connectivity index (χ1v) is 7.01. The van der Waals surface area contributed by atoms with Gasteiger partial charge in [0.2, 0.25) is 5.91 Å². The van der Waals surface area contributed by atoms with Crippen LogP contribution in [0.5, 0.6) is 0 Å². The smallest absolute Gasteiger partial charge is 0.416 e. The van der Waals surface area contributed by atoms with Gasteiger partial charge in [0.25, 0.3) is 0 Å². The molecule has 1 saturated heterocycles. The lowest BCUT2D eigenvalue weighted by atomic mass is 10.1. The second-order valence-corrected chi connectivity index (χ2v) is 5.35. The lowest BCUT2D eigenvalue weighted by Crippen LogP contribution is -2.37. The summed E-state index contributed by atoms with van der Waals surface area (Å²) in [5.74, 6) is -0.922. The predicted octanol–water partition coefficient (Wildman–Crippen LogP) is 2.00. The van der Waals surface area contributed by atoms with Crippen LogP contribution in [0.4, 0.5) is 18.9 Å². The van der Waals surface area contributed by atoms with Crippen LogP contribution in [-0.4, -0.2) is 34.7 Å². The van der Waals surface area contributed by atoms with Crippen molar-refractivity contribution in [3.63, 3.8) is 0 Å². The number of alkyl halides is 3. The zero-order chi connectivity index (χ0) is 15.6. The standard InChI is InChI=1S/C12H11F3N2O3S/c13-12(14,15)6-1-2-7(11(19)20)8(3-6)17-10(18)9-4-21-5-16-9/h1-3,9,16H,4-5H2,(H,17,18)(H,19,20). The third-order valence-electron chi connectivity index (χ3n) is 2.87. The molecule has 1 aromatic rings. The van der Waals surface area contributed by atoms with Gasteiger partial charge in [-0.3, -0.25) is 10.1 Å². The number of thioether (sulfide) groups is 1. The van der Waals surface area contributed by atoms with Gasteiger partial charge in [-0.1, -0.05) is 0 Å². The summed E-state index contributed by atoms with van der Waals surface area (Å²) in [7, 11) is 0. The van der Waals surface area contributed by atoms with E-state index in [4.69, 9.17) is 5.11 Å². The molecule has 1 aliphatic heterocycles. The van der Waals surface area contributed by atoms with Gasteiger partial charge in [0.1, 0.15) is 0 Å². The van der Waals surface area contributed by atoms with Crippen LogP contribution in [0.2, 0.25) is 0 Å². The molecule has 1 aromatic carbocycles. The average molecular weight is 320 g/mol. The lowest BCUT2D eigenvalue weighted by Gasteiger charge is -2.14. The number of amides is 1. The van der Waals surface area contributed by atoms with Crippen molar-refractivity contribution in [3.05, 3.63) is 29.3 Å². The maximum absolute atomic E-state index is 12.7. The number of hydrogen-bond donors (Lipinski definition) is 3. The van der Waals surface area contributed by atoms with E-state index in [1.807, 2.05) is 0 Å². The number of carbonyl (C=O) groups excluding carboxylic acids is 1. The normalized spacial score (nSPS) is 18.5. The Morgan fingerprint density at radius 3 is 2.62 bits per heavy atom. The van der Waals surface area contributed by atoms with Gasteiger partial charge in [-0.2, -0.15) is 13.2 Å². The second-order valence-electron chi connectivity index (χ2n) is 4.32. The molecule has 0 saturated carbocycles. The Labute approximate surface area is 121 Å². The van der Waals surface area contributed by atoms with Gasteiger partial charge in [-0.05, 0) is 18.2 Å². The molecule has 0 aromatic heterocycles. The molecule has 5 nitrogen and oxygen atoms in total. The number of carboxylic acid groups (broad SMARTS) is 1. The number of hydrogen-bond acceptors (Lipinski definition) is 4. The Morgan fingerprint density at radius 1 is 1.38 bits per heavy atom. The van der Waals surface area contributed by atoms with Crippen LogP contribution in [0.15, 0.2) is 18.2 Å². The van der Waals surface area contributed by atoms with Crippen molar-refractivity contribution >= 4 is 29.3 Å². The number of carbonyl (C=O) groups is 2. The van der Waals surface area contributed by atoms with Crippen molar-refractivity contribution in [1.29, 1.82) is 0 Å². The van der Waals surface area contributed by atoms with Crippen molar-refractivity contribution in [1.82, 2.24) is 5.32 Å². The minimum atomic E-state index is -4.61. The second kappa shape index (κ2) is 5.94. The number of nitrogens with one attached hydrogen (secondary N) is 2. The molecule has 0 radical (unpaired) electrons. The van der Waals surface area contributed by atoms with Crippen LogP contribution < -0.4 is 10.6 Å². The van der Waals surface area contributed by atoms with E-state index < -0.39 is 29.7 Å². The van der Waals surface area contributed by atoms with Crippen LogP contribution in [-0.2, 0) is 11.0 Å². The monoisotopic (exact) mass is 320 g/mol. The lowest BCUT2D eigenvalue weighted by molar-refractivity contribution is -0.137. The van der Waals surface area contributed by atoms with E-state index in [1.165, 1.54) is 11.8 Å². The highest BCUT2D eigenvalue weighted by atomic mass is 32.2. The van der Waals surface area contributed by atoms with Gasteiger partial charge >= 0.3 is 12.1 Å². The molecule has 0 spiro atoms. The molecule has 1 aliphatic rings. The summed E-state index contributed by atoms with van der Waals surface area (Å²) in [4.78, 5) is 22.9. The summed E-state index contributed by atoms with van der Waals surface area (Å²) in [5, 5.41) is 14.1. The third kappa shape index (κ3) is 3.67. The number of rotatable bonds is 3. The first-order valence-electron chi connectivity index (χ1n) is 5.85. The molecule has 2 rings (SSSR count). The fraction of sp³-hybridized carbons (Fsp3) is 0.333. The van der Waals surface area contributed by atoms with Gasteiger partial charge in [-0.25, -0.2) is 4.79 Å². The molecule has 21 heavy (non-hydrogen) atoms. The minimum absolute atomic E-state index is 0.360. The first-order chi connectivity index (χ1) is 9.79.